The fourth-order valence-electron chi connectivity index (χ4n) is 4.17. The highest BCUT2D eigenvalue weighted by molar-refractivity contribution is 5.59. The molecule has 0 aliphatic heterocycles. The number of hydrogen-bond acceptors (Lipinski definition) is 1. The quantitative estimate of drug-likeness (QED) is 0.539. The van der Waals surface area contributed by atoms with Crippen molar-refractivity contribution in [3.63, 3.8) is 0 Å². The SMILES string of the molecule is CCCc1ccc(-c2ccc(CC[C@H]3CC[C@H](CC)CC3)cn2)cc1. The Morgan fingerprint density at radius 2 is 1.48 bits per heavy atom. The molecule has 1 heteroatoms. The van der Waals surface area contributed by atoms with E-state index in [0.29, 0.717) is 0 Å². The van der Waals surface area contributed by atoms with Gasteiger partial charge in [-0.15, -0.1) is 0 Å². The van der Waals surface area contributed by atoms with Crippen LogP contribution in [0.2, 0.25) is 0 Å². The normalized spacial score (nSPS) is 20.6. The van der Waals surface area contributed by atoms with E-state index in [9.17, 15) is 0 Å². The van der Waals surface area contributed by atoms with E-state index in [4.69, 9.17) is 4.98 Å². The fraction of sp³-hybridized carbons (Fsp3) is 0.542. The van der Waals surface area contributed by atoms with Crippen LogP contribution in [0.3, 0.4) is 0 Å². The van der Waals surface area contributed by atoms with E-state index in [0.717, 1.165) is 24.0 Å². The molecule has 1 aromatic carbocycles. The minimum Gasteiger partial charge on any atom is -0.256 e. The van der Waals surface area contributed by atoms with E-state index in [1.165, 1.54) is 68.1 Å². The van der Waals surface area contributed by atoms with Crippen LogP contribution in [-0.4, -0.2) is 4.98 Å². The maximum atomic E-state index is 4.71. The Balaban J connectivity index is 1.52. The number of aryl methyl sites for hydroxylation is 2. The molecule has 0 N–H and O–H groups in total. The summed E-state index contributed by atoms with van der Waals surface area (Å²) >= 11 is 0. The van der Waals surface area contributed by atoms with E-state index in [1.54, 1.807) is 0 Å². The molecule has 1 heterocycles. The molecule has 2 aromatic rings. The summed E-state index contributed by atoms with van der Waals surface area (Å²) in [4.78, 5) is 4.71. The molecular formula is C24H33N. The van der Waals surface area contributed by atoms with Crippen LogP contribution in [0, 0.1) is 11.8 Å². The van der Waals surface area contributed by atoms with Gasteiger partial charge in [0.2, 0.25) is 0 Å². The minimum absolute atomic E-state index is 0.939. The molecule has 1 aromatic heterocycles. The van der Waals surface area contributed by atoms with Crippen molar-refractivity contribution >= 4 is 0 Å². The summed E-state index contributed by atoms with van der Waals surface area (Å²) in [5, 5.41) is 0. The molecular weight excluding hydrogens is 302 g/mol. The first-order valence-corrected chi connectivity index (χ1v) is 10.3. The zero-order valence-electron chi connectivity index (χ0n) is 16.0. The average Bonchev–Trinajstić information content (AvgIpc) is 2.68. The monoisotopic (exact) mass is 335 g/mol. The Morgan fingerprint density at radius 3 is 2.08 bits per heavy atom. The van der Waals surface area contributed by atoms with Crippen molar-refractivity contribution in [1.29, 1.82) is 0 Å². The van der Waals surface area contributed by atoms with Crippen molar-refractivity contribution in [3.05, 3.63) is 53.7 Å². The Morgan fingerprint density at radius 1 is 0.800 bits per heavy atom. The van der Waals surface area contributed by atoms with Gasteiger partial charge in [0.1, 0.15) is 0 Å². The minimum atomic E-state index is 0.939. The third-order valence-corrected chi connectivity index (χ3v) is 6.00. The largest absolute Gasteiger partial charge is 0.256 e. The lowest BCUT2D eigenvalue weighted by Gasteiger charge is -2.27. The lowest BCUT2D eigenvalue weighted by molar-refractivity contribution is 0.259. The Kier molecular flexibility index (Phi) is 6.67. The van der Waals surface area contributed by atoms with Gasteiger partial charge in [-0.3, -0.25) is 4.98 Å². The number of pyridine rings is 1. The Hall–Kier alpha value is -1.63. The topological polar surface area (TPSA) is 12.9 Å². The van der Waals surface area contributed by atoms with E-state index >= 15 is 0 Å². The second-order valence-electron chi connectivity index (χ2n) is 7.83. The maximum absolute atomic E-state index is 4.71. The standard InChI is InChI=1S/C24H33N/c1-3-5-20-12-15-23(16-13-20)24-17-14-22(18-25-24)11-10-21-8-6-19(4-2)7-9-21/h12-19,21H,3-11H2,1-2H3/t19-,21-. The number of rotatable bonds is 7. The van der Waals surface area contributed by atoms with Gasteiger partial charge in [0.15, 0.2) is 0 Å². The Labute approximate surface area is 153 Å². The first-order chi connectivity index (χ1) is 12.3. The molecule has 134 valence electrons. The molecule has 25 heavy (non-hydrogen) atoms. The molecule has 0 saturated heterocycles. The van der Waals surface area contributed by atoms with Gasteiger partial charge >= 0.3 is 0 Å². The van der Waals surface area contributed by atoms with Gasteiger partial charge in [-0.05, 0) is 48.3 Å². The van der Waals surface area contributed by atoms with Gasteiger partial charge in [0.05, 0.1) is 5.69 Å². The second kappa shape index (κ2) is 9.17. The van der Waals surface area contributed by atoms with Crippen LogP contribution < -0.4 is 0 Å². The first kappa shape index (κ1) is 18.2. The molecule has 1 saturated carbocycles. The molecule has 0 bridgehead atoms. The molecule has 1 aliphatic carbocycles. The predicted octanol–water partition coefficient (Wildman–Crippen LogP) is 6.85. The number of hydrogen-bond donors (Lipinski definition) is 0. The molecule has 0 atom stereocenters. The smallest absolute Gasteiger partial charge is 0.0702 e. The van der Waals surface area contributed by atoms with E-state index in [1.807, 2.05) is 0 Å². The van der Waals surface area contributed by atoms with Crippen molar-refractivity contribution in [2.24, 2.45) is 11.8 Å². The molecule has 0 spiro atoms. The highest BCUT2D eigenvalue weighted by Gasteiger charge is 2.19. The summed E-state index contributed by atoms with van der Waals surface area (Å²) in [5.41, 5.74) is 5.13. The summed E-state index contributed by atoms with van der Waals surface area (Å²) in [6.07, 6.45) is 14.1. The fourth-order valence-corrected chi connectivity index (χ4v) is 4.17. The molecule has 0 amide bonds. The number of benzene rings is 1. The molecule has 1 aliphatic rings. The van der Waals surface area contributed by atoms with Crippen LogP contribution >= 0.6 is 0 Å². The van der Waals surface area contributed by atoms with Crippen molar-refractivity contribution in [2.75, 3.05) is 0 Å². The highest BCUT2D eigenvalue weighted by atomic mass is 14.7. The average molecular weight is 336 g/mol. The van der Waals surface area contributed by atoms with Crippen LogP contribution in [-0.2, 0) is 12.8 Å². The van der Waals surface area contributed by atoms with Crippen molar-refractivity contribution in [1.82, 2.24) is 4.98 Å². The highest BCUT2D eigenvalue weighted by Crippen LogP contribution is 2.33. The van der Waals surface area contributed by atoms with Gasteiger partial charge in [0.25, 0.3) is 0 Å². The van der Waals surface area contributed by atoms with Crippen molar-refractivity contribution in [3.8, 4) is 11.3 Å². The van der Waals surface area contributed by atoms with Gasteiger partial charge in [-0.1, -0.05) is 82.7 Å². The Bertz CT molecular complexity index is 618. The van der Waals surface area contributed by atoms with Crippen LogP contribution in [0.25, 0.3) is 11.3 Å². The third kappa shape index (κ3) is 5.17. The number of nitrogens with zero attached hydrogens (tertiary/aromatic N) is 1. The summed E-state index contributed by atoms with van der Waals surface area (Å²) in [6, 6.07) is 13.4. The zero-order valence-corrected chi connectivity index (χ0v) is 16.0. The van der Waals surface area contributed by atoms with Crippen molar-refractivity contribution < 1.29 is 0 Å². The van der Waals surface area contributed by atoms with Crippen LogP contribution in [0.5, 0.6) is 0 Å². The summed E-state index contributed by atoms with van der Waals surface area (Å²) in [7, 11) is 0. The first-order valence-electron chi connectivity index (χ1n) is 10.3. The van der Waals surface area contributed by atoms with E-state index in [-0.39, 0.29) is 0 Å². The van der Waals surface area contributed by atoms with Crippen LogP contribution in [0.15, 0.2) is 42.6 Å². The molecule has 3 rings (SSSR count). The van der Waals surface area contributed by atoms with Crippen molar-refractivity contribution in [2.45, 2.75) is 71.6 Å². The van der Waals surface area contributed by atoms with Crippen LogP contribution in [0.1, 0.15) is 69.9 Å². The lowest BCUT2D eigenvalue weighted by atomic mass is 9.79. The molecule has 0 unspecified atom stereocenters. The van der Waals surface area contributed by atoms with Gasteiger partial charge in [-0.2, -0.15) is 0 Å². The predicted molar refractivity (Wildman–Crippen MR) is 108 cm³/mol. The van der Waals surface area contributed by atoms with E-state index in [2.05, 4.69) is 56.4 Å². The third-order valence-electron chi connectivity index (χ3n) is 6.00. The van der Waals surface area contributed by atoms with Gasteiger partial charge in [-0.25, -0.2) is 0 Å². The molecule has 1 nitrogen and oxygen atoms in total. The molecule has 1 fully saturated rings. The van der Waals surface area contributed by atoms with E-state index < -0.39 is 0 Å². The summed E-state index contributed by atoms with van der Waals surface area (Å²) < 4.78 is 0. The zero-order chi connectivity index (χ0) is 17.5. The van der Waals surface area contributed by atoms with Crippen LogP contribution in [0.4, 0.5) is 0 Å². The second-order valence-corrected chi connectivity index (χ2v) is 7.83. The summed E-state index contributed by atoms with van der Waals surface area (Å²) in [5.74, 6) is 1.94. The number of aromatic nitrogens is 1. The summed E-state index contributed by atoms with van der Waals surface area (Å²) in [6.45, 7) is 4.57. The maximum Gasteiger partial charge on any atom is 0.0702 e. The van der Waals surface area contributed by atoms with Gasteiger partial charge in [0, 0.05) is 11.8 Å². The lowest BCUT2D eigenvalue weighted by Crippen LogP contribution is -2.14. The molecule has 0 radical (unpaired) electrons. The van der Waals surface area contributed by atoms with Gasteiger partial charge < -0.3 is 0 Å².